The summed E-state index contributed by atoms with van der Waals surface area (Å²) in [7, 11) is 0. The van der Waals surface area contributed by atoms with Gasteiger partial charge in [0.2, 0.25) is 5.91 Å². The van der Waals surface area contributed by atoms with Gasteiger partial charge < -0.3 is 20.3 Å². The third kappa shape index (κ3) is 6.78. The number of piperidine rings is 1. The predicted octanol–water partition coefficient (Wildman–Crippen LogP) is 4.12. The summed E-state index contributed by atoms with van der Waals surface area (Å²) in [4.78, 5) is 40.5. The van der Waals surface area contributed by atoms with E-state index in [1.165, 1.54) is 0 Å². The van der Waals surface area contributed by atoms with Crippen molar-refractivity contribution < 1.29 is 19.1 Å². The summed E-state index contributed by atoms with van der Waals surface area (Å²) >= 11 is 5.89. The molecule has 7 nitrogen and oxygen atoms in total. The van der Waals surface area contributed by atoms with Gasteiger partial charge in [-0.25, -0.2) is 0 Å². The number of carbonyl (C=O) groups is 3. The molecule has 0 spiro atoms. The fourth-order valence-electron chi connectivity index (χ4n) is 5.04. The maximum Gasteiger partial charge on any atom is 0.260 e. The Bertz CT molecular complexity index is 1070. The zero-order valence-corrected chi connectivity index (χ0v) is 21.4. The Morgan fingerprint density at radius 1 is 0.944 bits per heavy atom. The summed E-state index contributed by atoms with van der Waals surface area (Å²) in [6.07, 6.45) is 5.20. The Balaban J connectivity index is 1.30. The lowest BCUT2D eigenvalue weighted by Crippen LogP contribution is -2.55. The first-order chi connectivity index (χ1) is 17.4. The third-order valence-electron chi connectivity index (χ3n) is 7.12. The molecule has 1 aliphatic heterocycles. The predicted molar refractivity (Wildman–Crippen MR) is 139 cm³/mol. The molecule has 2 aliphatic rings. The highest BCUT2D eigenvalue weighted by molar-refractivity contribution is 6.30. The van der Waals surface area contributed by atoms with Gasteiger partial charge in [0.1, 0.15) is 5.75 Å². The van der Waals surface area contributed by atoms with E-state index in [-0.39, 0.29) is 42.3 Å². The van der Waals surface area contributed by atoms with Crippen molar-refractivity contribution in [3.05, 3.63) is 64.7 Å². The maximum atomic E-state index is 13.2. The fraction of sp³-hybridized carbons (Fsp3) is 0.464. The summed E-state index contributed by atoms with van der Waals surface area (Å²) in [5.41, 5.74) is 1.59. The second-order valence-electron chi connectivity index (χ2n) is 9.72. The Morgan fingerprint density at radius 3 is 2.36 bits per heavy atom. The van der Waals surface area contributed by atoms with Crippen molar-refractivity contribution in [1.29, 1.82) is 0 Å². The molecular formula is C28H34ClN3O4. The number of likely N-dealkylation sites (tertiary alicyclic amines) is 1. The first-order valence-electron chi connectivity index (χ1n) is 12.7. The van der Waals surface area contributed by atoms with Gasteiger partial charge in [-0.1, -0.05) is 42.6 Å². The quantitative estimate of drug-likeness (QED) is 0.585. The number of hydrogen-bond donors (Lipinski definition) is 2. The third-order valence-corrected chi connectivity index (χ3v) is 7.37. The average Bonchev–Trinajstić information content (AvgIpc) is 2.89. The van der Waals surface area contributed by atoms with E-state index in [0.717, 1.165) is 44.1 Å². The van der Waals surface area contributed by atoms with Crippen LogP contribution < -0.4 is 15.4 Å². The molecule has 2 fully saturated rings. The van der Waals surface area contributed by atoms with Crippen LogP contribution in [-0.4, -0.2) is 54.4 Å². The second-order valence-corrected chi connectivity index (χ2v) is 10.2. The van der Waals surface area contributed by atoms with Crippen molar-refractivity contribution in [2.45, 2.75) is 57.5 Å². The Labute approximate surface area is 217 Å². The fourth-order valence-corrected chi connectivity index (χ4v) is 5.16. The van der Waals surface area contributed by atoms with Gasteiger partial charge in [0.25, 0.3) is 11.8 Å². The van der Waals surface area contributed by atoms with Gasteiger partial charge in [-0.3, -0.25) is 14.4 Å². The average molecular weight is 512 g/mol. The van der Waals surface area contributed by atoms with Gasteiger partial charge in [-0.05, 0) is 68.5 Å². The zero-order chi connectivity index (χ0) is 25.5. The minimum Gasteiger partial charge on any atom is -0.484 e. The molecule has 2 aromatic carbocycles. The number of nitrogens with zero attached hydrogens (tertiary/aromatic N) is 1. The van der Waals surface area contributed by atoms with Crippen LogP contribution in [-0.2, 0) is 9.59 Å². The van der Waals surface area contributed by atoms with Crippen LogP contribution in [0.3, 0.4) is 0 Å². The van der Waals surface area contributed by atoms with E-state index in [1.807, 2.05) is 31.2 Å². The van der Waals surface area contributed by atoms with Crippen molar-refractivity contribution in [2.75, 3.05) is 19.7 Å². The molecule has 0 bridgehead atoms. The van der Waals surface area contributed by atoms with Gasteiger partial charge in [0.05, 0.1) is 5.92 Å². The van der Waals surface area contributed by atoms with Gasteiger partial charge in [-0.15, -0.1) is 0 Å². The number of rotatable bonds is 7. The molecular weight excluding hydrogens is 478 g/mol. The molecule has 0 radical (unpaired) electrons. The number of carbonyl (C=O) groups excluding carboxylic acids is 3. The number of nitrogens with one attached hydrogen (secondary N) is 2. The van der Waals surface area contributed by atoms with Gasteiger partial charge in [0.15, 0.2) is 6.61 Å². The van der Waals surface area contributed by atoms with E-state index in [2.05, 4.69) is 10.6 Å². The van der Waals surface area contributed by atoms with Crippen LogP contribution in [0.1, 0.15) is 54.4 Å². The number of halogens is 1. The van der Waals surface area contributed by atoms with Crippen molar-refractivity contribution in [1.82, 2.24) is 15.5 Å². The zero-order valence-electron chi connectivity index (χ0n) is 20.7. The molecule has 3 atom stereocenters. The topological polar surface area (TPSA) is 87.7 Å². The molecule has 1 saturated heterocycles. The van der Waals surface area contributed by atoms with Crippen molar-refractivity contribution in [3.63, 3.8) is 0 Å². The molecule has 1 aliphatic carbocycles. The summed E-state index contributed by atoms with van der Waals surface area (Å²) in [5, 5.41) is 6.96. The SMILES string of the molecule is Cc1ccccc1C(=O)N[C@@H]1CCCC[C@H]1NC(=O)[C@@H]1CCCN(C(=O)COc2ccc(Cl)cc2)C1. The van der Waals surface area contributed by atoms with Crippen LogP contribution in [0.5, 0.6) is 5.75 Å². The van der Waals surface area contributed by atoms with E-state index in [4.69, 9.17) is 16.3 Å². The van der Waals surface area contributed by atoms with E-state index >= 15 is 0 Å². The number of aryl methyl sites for hydroxylation is 1. The molecule has 1 saturated carbocycles. The van der Waals surface area contributed by atoms with E-state index < -0.39 is 0 Å². The van der Waals surface area contributed by atoms with E-state index in [1.54, 1.807) is 29.2 Å². The minimum atomic E-state index is -0.270. The molecule has 8 heteroatoms. The van der Waals surface area contributed by atoms with Crippen LogP contribution in [0.15, 0.2) is 48.5 Å². The lowest BCUT2D eigenvalue weighted by molar-refractivity contribution is -0.137. The first kappa shape index (κ1) is 26.0. The smallest absolute Gasteiger partial charge is 0.260 e. The molecule has 1 heterocycles. The van der Waals surface area contributed by atoms with E-state index in [0.29, 0.717) is 29.4 Å². The lowest BCUT2D eigenvalue weighted by atomic mass is 9.88. The Hall–Kier alpha value is -3.06. The maximum absolute atomic E-state index is 13.2. The molecule has 0 unspecified atom stereocenters. The van der Waals surface area contributed by atoms with Gasteiger partial charge in [0, 0.05) is 35.8 Å². The standard InChI is InChI=1S/C28H34ClN3O4/c1-19-7-2-3-9-23(19)28(35)31-25-11-5-4-10-24(25)30-27(34)20-8-6-16-32(17-20)26(33)18-36-22-14-12-21(29)13-15-22/h2-3,7,9,12-15,20,24-25H,4-6,8,10-11,16-18H2,1H3,(H,30,34)(H,31,35)/t20-,24-,25-/m1/s1. The Kier molecular flexibility index (Phi) is 8.86. The second kappa shape index (κ2) is 12.3. The molecule has 2 aromatic rings. The number of amides is 3. The van der Waals surface area contributed by atoms with Gasteiger partial charge >= 0.3 is 0 Å². The van der Waals surface area contributed by atoms with Gasteiger partial charge in [-0.2, -0.15) is 0 Å². The van der Waals surface area contributed by atoms with Crippen LogP contribution in [0.4, 0.5) is 0 Å². The van der Waals surface area contributed by atoms with Crippen LogP contribution in [0, 0.1) is 12.8 Å². The highest BCUT2D eigenvalue weighted by Gasteiger charge is 2.33. The monoisotopic (exact) mass is 511 g/mol. The Morgan fingerprint density at radius 2 is 1.64 bits per heavy atom. The van der Waals surface area contributed by atoms with Crippen molar-refractivity contribution in [2.24, 2.45) is 5.92 Å². The van der Waals surface area contributed by atoms with Crippen molar-refractivity contribution >= 4 is 29.3 Å². The van der Waals surface area contributed by atoms with Crippen LogP contribution in [0.2, 0.25) is 5.02 Å². The molecule has 4 rings (SSSR count). The summed E-state index contributed by atoms with van der Waals surface area (Å²) < 4.78 is 5.60. The molecule has 192 valence electrons. The highest BCUT2D eigenvalue weighted by Crippen LogP contribution is 2.23. The molecule has 0 aromatic heterocycles. The largest absolute Gasteiger partial charge is 0.484 e. The number of ether oxygens (including phenoxy) is 1. The minimum absolute atomic E-state index is 0.0480. The van der Waals surface area contributed by atoms with E-state index in [9.17, 15) is 14.4 Å². The molecule has 36 heavy (non-hydrogen) atoms. The lowest BCUT2D eigenvalue weighted by Gasteiger charge is -2.36. The highest BCUT2D eigenvalue weighted by atomic mass is 35.5. The van der Waals surface area contributed by atoms with Crippen molar-refractivity contribution in [3.8, 4) is 5.75 Å². The first-order valence-corrected chi connectivity index (χ1v) is 13.1. The van der Waals surface area contributed by atoms with Crippen LogP contribution in [0.25, 0.3) is 0 Å². The number of benzene rings is 2. The summed E-state index contributed by atoms with van der Waals surface area (Å²) in [6.45, 7) is 2.84. The molecule has 2 N–H and O–H groups in total. The van der Waals surface area contributed by atoms with Crippen LogP contribution >= 0.6 is 11.6 Å². The normalized spacial score (nSPS) is 21.9. The summed E-state index contributed by atoms with van der Waals surface area (Å²) in [6, 6.07) is 14.2. The number of hydrogen-bond acceptors (Lipinski definition) is 4. The molecule has 3 amide bonds. The summed E-state index contributed by atoms with van der Waals surface area (Å²) in [5.74, 6) is 0.0223.